The van der Waals surface area contributed by atoms with Gasteiger partial charge in [0.2, 0.25) is 0 Å². The number of carbonyl (C=O) groups is 1. The van der Waals surface area contributed by atoms with Gasteiger partial charge < -0.3 is 9.64 Å². The van der Waals surface area contributed by atoms with E-state index in [0.717, 1.165) is 25.7 Å². The molecule has 0 unspecified atom stereocenters. The second-order valence-electron chi connectivity index (χ2n) is 5.00. The predicted molar refractivity (Wildman–Crippen MR) is 74.0 cm³/mol. The Labute approximate surface area is 117 Å². The van der Waals surface area contributed by atoms with Crippen LogP contribution in [-0.2, 0) is 0 Å². The number of hydrogen-bond acceptors (Lipinski definition) is 4. The SMILES string of the molecule is COc1ccc(C(=O)N(C)C2CCCC2)cc1[N+](=O)[O-]. The minimum atomic E-state index is -0.537. The number of amides is 1. The number of nitro groups is 1. The van der Waals surface area contributed by atoms with Gasteiger partial charge in [0.05, 0.1) is 12.0 Å². The highest BCUT2D eigenvalue weighted by atomic mass is 16.6. The molecule has 0 radical (unpaired) electrons. The number of hydrogen-bond donors (Lipinski definition) is 0. The van der Waals surface area contributed by atoms with Crippen molar-refractivity contribution in [2.24, 2.45) is 0 Å². The summed E-state index contributed by atoms with van der Waals surface area (Å²) < 4.78 is 4.94. The highest BCUT2D eigenvalue weighted by Gasteiger charge is 2.26. The Morgan fingerprint density at radius 3 is 2.60 bits per heavy atom. The largest absolute Gasteiger partial charge is 0.490 e. The lowest BCUT2D eigenvalue weighted by molar-refractivity contribution is -0.385. The van der Waals surface area contributed by atoms with Crippen molar-refractivity contribution in [3.05, 3.63) is 33.9 Å². The molecule has 1 saturated carbocycles. The zero-order chi connectivity index (χ0) is 14.7. The van der Waals surface area contributed by atoms with Crippen LogP contribution in [0, 0.1) is 10.1 Å². The van der Waals surface area contributed by atoms with E-state index in [9.17, 15) is 14.9 Å². The maximum atomic E-state index is 12.4. The minimum Gasteiger partial charge on any atom is -0.490 e. The molecule has 0 heterocycles. The van der Waals surface area contributed by atoms with Gasteiger partial charge in [0.15, 0.2) is 5.75 Å². The second kappa shape index (κ2) is 5.90. The molecule has 0 bridgehead atoms. The van der Waals surface area contributed by atoms with Crippen LogP contribution in [0.2, 0.25) is 0 Å². The molecule has 1 fully saturated rings. The van der Waals surface area contributed by atoms with Gasteiger partial charge in [0.1, 0.15) is 0 Å². The number of carbonyl (C=O) groups excluding carboxylic acids is 1. The summed E-state index contributed by atoms with van der Waals surface area (Å²) in [6, 6.07) is 4.56. The number of nitrogens with zero attached hydrogens (tertiary/aromatic N) is 2. The van der Waals surface area contributed by atoms with Crippen molar-refractivity contribution in [2.75, 3.05) is 14.2 Å². The normalized spacial score (nSPS) is 15.1. The third kappa shape index (κ3) is 2.74. The van der Waals surface area contributed by atoms with Gasteiger partial charge in [0, 0.05) is 24.7 Å². The summed E-state index contributed by atoms with van der Waals surface area (Å²) in [7, 11) is 3.13. The first-order chi connectivity index (χ1) is 9.54. The molecular formula is C14H18N2O4. The highest BCUT2D eigenvalue weighted by Crippen LogP contribution is 2.29. The lowest BCUT2D eigenvalue weighted by atomic mass is 10.1. The summed E-state index contributed by atoms with van der Waals surface area (Å²) in [5.74, 6) is -0.0160. The third-order valence-electron chi connectivity index (χ3n) is 3.82. The third-order valence-corrected chi connectivity index (χ3v) is 3.82. The molecule has 1 aromatic carbocycles. The molecule has 6 heteroatoms. The zero-order valence-corrected chi connectivity index (χ0v) is 11.7. The molecule has 0 aromatic heterocycles. The standard InChI is InChI=1S/C14H18N2O4/c1-15(11-5-3-4-6-11)14(17)10-7-8-13(20-2)12(9-10)16(18)19/h7-9,11H,3-6H2,1-2H3. The van der Waals surface area contributed by atoms with E-state index < -0.39 is 4.92 Å². The lowest BCUT2D eigenvalue weighted by Gasteiger charge is -2.24. The molecule has 6 nitrogen and oxygen atoms in total. The Bertz CT molecular complexity index is 524. The van der Waals surface area contributed by atoms with Crippen molar-refractivity contribution in [3.63, 3.8) is 0 Å². The first-order valence-corrected chi connectivity index (χ1v) is 6.64. The van der Waals surface area contributed by atoms with Crippen molar-refractivity contribution in [1.82, 2.24) is 4.90 Å². The molecule has 0 N–H and O–H groups in total. The quantitative estimate of drug-likeness (QED) is 0.627. The Kier molecular flexibility index (Phi) is 4.22. The van der Waals surface area contributed by atoms with Crippen LogP contribution in [0.5, 0.6) is 5.75 Å². The summed E-state index contributed by atoms with van der Waals surface area (Å²) in [4.78, 5) is 24.5. The summed E-state index contributed by atoms with van der Waals surface area (Å²) in [6.45, 7) is 0. The summed E-state index contributed by atoms with van der Waals surface area (Å²) in [5, 5.41) is 11.0. The molecule has 0 aliphatic heterocycles. The smallest absolute Gasteiger partial charge is 0.311 e. The average Bonchev–Trinajstić information content (AvgIpc) is 2.99. The number of ether oxygens (including phenoxy) is 1. The molecule has 1 aliphatic carbocycles. The van der Waals surface area contributed by atoms with Crippen LogP contribution < -0.4 is 4.74 Å². The van der Waals surface area contributed by atoms with E-state index >= 15 is 0 Å². The van der Waals surface area contributed by atoms with Gasteiger partial charge in [-0.3, -0.25) is 14.9 Å². The van der Waals surface area contributed by atoms with Crippen LogP contribution in [0.3, 0.4) is 0 Å². The lowest BCUT2D eigenvalue weighted by Crippen LogP contribution is -2.35. The number of rotatable bonds is 4. The molecule has 108 valence electrons. The van der Waals surface area contributed by atoms with Crippen molar-refractivity contribution >= 4 is 11.6 Å². The van der Waals surface area contributed by atoms with Crippen LogP contribution >= 0.6 is 0 Å². The fraction of sp³-hybridized carbons (Fsp3) is 0.500. The molecule has 20 heavy (non-hydrogen) atoms. The number of benzene rings is 1. The Balaban J connectivity index is 2.25. The molecule has 1 amide bonds. The first-order valence-electron chi connectivity index (χ1n) is 6.64. The van der Waals surface area contributed by atoms with Gasteiger partial charge in [-0.2, -0.15) is 0 Å². The van der Waals surface area contributed by atoms with E-state index in [1.807, 2.05) is 0 Å². The summed E-state index contributed by atoms with van der Waals surface area (Å²) >= 11 is 0. The summed E-state index contributed by atoms with van der Waals surface area (Å²) in [5.41, 5.74) is 0.144. The monoisotopic (exact) mass is 278 g/mol. The van der Waals surface area contributed by atoms with E-state index in [4.69, 9.17) is 4.74 Å². The van der Waals surface area contributed by atoms with E-state index in [2.05, 4.69) is 0 Å². The molecular weight excluding hydrogens is 260 g/mol. The van der Waals surface area contributed by atoms with Crippen molar-refractivity contribution < 1.29 is 14.5 Å². The van der Waals surface area contributed by atoms with E-state index in [1.165, 1.54) is 19.2 Å². The van der Waals surface area contributed by atoms with Crippen LogP contribution in [0.15, 0.2) is 18.2 Å². The zero-order valence-electron chi connectivity index (χ0n) is 11.7. The Morgan fingerprint density at radius 2 is 2.05 bits per heavy atom. The maximum absolute atomic E-state index is 12.4. The van der Waals surface area contributed by atoms with Crippen LogP contribution in [-0.4, -0.2) is 35.9 Å². The molecule has 2 rings (SSSR count). The van der Waals surface area contributed by atoms with Crippen molar-refractivity contribution in [1.29, 1.82) is 0 Å². The molecule has 1 aromatic rings. The highest BCUT2D eigenvalue weighted by molar-refractivity contribution is 5.95. The topological polar surface area (TPSA) is 72.7 Å². The maximum Gasteiger partial charge on any atom is 0.311 e. The fourth-order valence-corrected chi connectivity index (χ4v) is 2.63. The van der Waals surface area contributed by atoms with Gasteiger partial charge in [-0.25, -0.2) is 0 Å². The molecule has 0 saturated heterocycles. The minimum absolute atomic E-state index is 0.162. The number of nitro benzene ring substituents is 1. The van der Waals surface area contributed by atoms with Gasteiger partial charge in [-0.15, -0.1) is 0 Å². The average molecular weight is 278 g/mol. The van der Waals surface area contributed by atoms with Crippen molar-refractivity contribution in [2.45, 2.75) is 31.7 Å². The molecule has 0 atom stereocenters. The van der Waals surface area contributed by atoms with Gasteiger partial charge in [-0.05, 0) is 25.0 Å². The van der Waals surface area contributed by atoms with Crippen LogP contribution in [0.25, 0.3) is 0 Å². The predicted octanol–water partition coefficient (Wildman–Crippen LogP) is 2.62. The fourth-order valence-electron chi connectivity index (χ4n) is 2.63. The molecule has 0 spiro atoms. The van der Waals surface area contributed by atoms with Gasteiger partial charge >= 0.3 is 5.69 Å². The first kappa shape index (κ1) is 14.3. The van der Waals surface area contributed by atoms with Crippen molar-refractivity contribution in [3.8, 4) is 5.75 Å². The van der Waals surface area contributed by atoms with E-state index in [-0.39, 0.29) is 23.4 Å². The van der Waals surface area contributed by atoms with E-state index in [1.54, 1.807) is 18.0 Å². The molecule has 1 aliphatic rings. The summed E-state index contributed by atoms with van der Waals surface area (Å²) in [6.07, 6.45) is 4.26. The van der Waals surface area contributed by atoms with Gasteiger partial charge in [0.25, 0.3) is 5.91 Å². The second-order valence-corrected chi connectivity index (χ2v) is 5.00. The van der Waals surface area contributed by atoms with Crippen LogP contribution in [0.4, 0.5) is 5.69 Å². The number of methoxy groups -OCH3 is 1. The Hall–Kier alpha value is -2.11. The van der Waals surface area contributed by atoms with E-state index in [0.29, 0.717) is 5.56 Å². The van der Waals surface area contributed by atoms with Crippen LogP contribution in [0.1, 0.15) is 36.0 Å². The Morgan fingerprint density at radius 1 is 1.40 bits per heavy atom. The van der Waals surface area contributed by atoms with Gasteiger partial charge in [-0.1, -0.05) is 12.8 Å².